The van der Waals surface area contributed by atoms with Gasteiger partial charge in [0.1, 0.15) is 5.58 Å². The Kier molecular flexibility index (Phi) is 5.45. The summed E-state index contributed by atoms with van der Waals surface area (Å²) >= 11 is 12.1. The van der Waals surface area contributed by atoms with E-state index in [2.05, 4.69) is 0 Å². The number of benzene rings is 2. The maximum absolute atomic E-state index is 13.5. The van der Waals surface area contributed by atoms with Crippen molar-refractivity contribution in [2.24, 2.45) is 0 Å². The number of furan rings is 1. The Morgan fingerprint density at radius 2 is 1.84 bits per heavy atom. The average molecular weight is 472 g/mol. The molecule has 1 fully saturated rings. The second-order valence-corrected chi connectivity index (χ2v) is 8.80. The molecule has 2 atom stereocenters. The summed E-state index contributed by atoms with van der Waals surface area (Å²) in [6.45, 7) is 0.897. The first-order chi connectivity index (χ1) is 15.4. The Balaban J connectivity index is 1.57. The molecule has 0 radical (unpaired) electrons. The molecule has 2 unspecified atom stereocenters. The van der Waals surface area contributed by atoms with Gasteiger partial charge in [-0.15, -0.1) is 0 Å². The molecule has 32 heavy (non-hydrogen) atoms. The van der Waals surface area contributed by atoms with Gasteiger partial charge in [-0.3, -0.25) is 9.59 Å². The molecule has 1 N–H and O–H groups in total. The number of carbonyl (C=O) groups excluding carboxylic acids is 2. The van der Waals surface area contributed by atoms with Crippen molar-refractivity contribution < 1.29 is 23.8 Å². The summed E-state index contributed by atoms with van der Waals surface area (Å²) < 4.78 is 11.4. The van der Waals surface area contributed by atoms with Crippen LogP contribution in [0.5, 0.6) is 0 Å². The third kappa shape index (κ3) is 3.68. The zero-order chi connectivity index (χ0) is 22.4. The number of carbonyl (C=O) groups is 2. The fourth-order valence-electron chi connectivity index (χ4n) is 4.33. The molecule has 2 aromatic carbocycles. The fourth-order valence-corrected chi connectivity index (χ4v) is 4.64. The first-order valence-corrected chi connectivity index (χ1v) is 11.0. The normalized spacial score (nSPS) is 21.2. The molecule has 3 heterocycles. The number of aliphatic hydroxyl groups excluding tert-OH is 1. The molecule has 1 saturated heterocycles. The monoisotopic (exact) mass is 471 g/mol. The molecule has 3 aromatic rings. The number of amides is 1. The zero-order valence-corrected chi connectivity index (χ0v) is 18.4. The van der Waals surface area contributed by atoms with Crippen LogP contribution >= 0.6 is 23.2 Å². The molecule has 2 aliphatic heterocycles. The molecule has 5 rings (SSSR count). The molecule has 1 amide bonds. The maximum atomic E-state index is 13.5. The highest BCUT2D eigenvalue weighted by Crippen LogP contribution is 2.40. The topological polar surface area (TPSA) is 80.0 Å². The molecule has 164 valence electrons. The minimum absolute atomic E-state index is 0.0227. The quantitative estimate of drug-likeness (QED) is 0.497. The average Bonchev–Trinajstić information content (AvgIpc) is 3.49. The van der Waals surface area contributed by atoms with Crippen LogP contribution in [0.3, 0.4) is 0 Å². The molecule has 0 bridgehead atoms. The van der Waals surface area contributed by atoms with Crippen molar-refractivity contribution in [1.82, 2.24) is 4.90 Å². The van der Waals surface area contributed by atoms with Crippen molar-refractivity contribution in [3.8, 4) is 0 Å². The number of hydrogen-bond donors (Lipinski definition) is 1. The van der Waals surface area contributed by atoms with Crippen molar-refractivity contribution in [1.29, 1.82) is 0 Å². The van der Waals surface area contributed by atoms with E-state index in [9.17, 15) is 14.7 Å². The van der Waals surface area contributed by atoms with Crippen molar-refractivity contribution in [3.63, 3.8) is 0 Å². The lowest BCUT2D eigenvalue weighted by Gasteiger charge is -2.28. The van der Waals surface area contributed by atoms with Crippen LogP contribution in [0, 0.1) is 0 Å². The molecular weight excluding hydrogens is 453 g/mol. The fraction of sp³-hybridized carbons (Fsp3) is 0.250. The van der Waals surface area contributed by atoms with Gasteiger partial charge in [-0.2, -0.15) is 0 Å². The number of hydrogen-bond acceptors (Lipinski definition) is 5. The predicted molar refractivity (Wildman–Crippen MR) is 120 cm³/mol. The van der Waals surface area contributed by atoms with E-state index in [1.807, 2.05) is 0 Å². The van der Waals surface area contributed by atoms with E-state index in [1.54, 1.807) is 48.5 Å². The summed E-state index contributed by atoms with van der Waals surface area (Å²) in [5, 5.41) is 12.5. The molecule has 2 aliphatic rings. The van der Waals surface area contributed by atoms with Gasteiger partial charge >= 0.3 is 0 Å². The second-order valence-electron chi connectivity index (χ2n) is 7.93. The molecule has 0 spiro atoms. The SMILES string of the molecule is O=C(C1=C(O)C(=O)N(CC2CCCO2)C1c1ccc(Cl)cc1)c1cc2cc(Cl)ccc2o1. The second kappa shape index (κ2) is 8.28. The van der Waals surface area contributed by atoms with E-state index in [1.165, 1.54) is 4.90 Å². The Morgan fingerprint density at radius 1 is 1.09 bits per heavy atom. The summed E-state index contributed by atoms with van der Waals surface area (Å²) in [4.78, 5) is 28.0. The molecule has 0 aliphatic carbocycles. The summed E-state index contributed by atoms with van der Waals surface area (Å²) in [7, 11) is 0. The number of halogens is 2. The van der Waals surface area contributed by atoms with Gasteiger partial charge in [0, 0.05) is 28.6 Å². The van der Waals surface area contributed by atoms with E-state index >= 15 is 0 Å². The van der Waals surface area contributed by atoms with Crippen molar-refractivity contribution >= 4 is 45.9 Å². The standard InChI is InChI=1S/C24H19Cl2NO5/c25-15-5-3-13(4-6-15)21-20(23(29)24(30)27(21)12-17-2-1-9-31-17)22(28)19-11-14-10-16(26)7-8-18(14)32-19/h3-8,10-11,17,21,29H,1-2,9,12H2. The number of fused-ring (bicyclic) bond motifs is 1. The van der Waals surface area contributed by atoms with Crippen LogP contribution in [0.1, 0.15) is 35.0 Å². The van der Waals surface area contributed by atoms with Crippen LogP contribution in [0.4, 0.5) is 0 Å². The number of aliphatic hydroxyl groups is 1. The first-order valence-electron chi connectivity index (χ1n) is 10.3. The highest BCUT2D eigenvalue weighted by Gasteiger charge is 2.45. The number of nitrogens with zero attached hydrogens (tertiary/aromatic N) is 1. The van der Waals surface area contributed by atoms with Crippen molar-refractivity contribution in [3.05, 3.63) is 81.2 Å². The van der Waals surface area contributed by atoms with Gasteiger partial charge in [0.05, 0.1) is 17.7 Å². The number of ether oxygens (including phenoxy) is 1. The number of ketones is 1. The van der Waals surface area contributed by atoms with Crippen LogP contribution in [-0.2, 0) is 9.53 Å². The molecule has 6 nitrogen and oxygen atoms in total. The third-order valence-corrected chi connectivity index (χ3v) is 6.35. The summed E-state index contributed by atoms with van der Waals surface area (Å²) in [6, 6.07) is 12.7. The largest absolute Gasteiger partial charge is 0.503 e. The minimum atomic E-state index is -0.784. The van der Waals surface area contributed by atoms with Gasteiger partial charge in [0.2, 0.25) is 5.78 Å². The van der Waals surface area contributed by atoms with Crippen LogP contribution in [0.2, 0.25) is 10.0 Å². The van der Waals surface area contributed by atoms with Crippen LogP contribution in [0.15, 0.2) is 64.3 Å². The number of rotatable bonds is 5. The summed E-state index contributed by atoms with van der Waals surface area (Å²) in [5.41, 5.74) is 1.12. The first kappa shape index (κ1) is 21.1. The van der Waals surface area contributed by atoms with Crippen molar-refractivity contribution in [2.75, 3.05) is 13.2 Å². The predicted octanol–water partition coefficient (Wildman–Crippen LogP) is 5.50. The summed E-state index contributed by atoms with van der Waals surface area (Å²) in [6.07, 6.45) is 1.57. The smallest absolute Gasteiger partial charge is 0.290 e. The summed E-state index contributed by atoms with van der Waals surface area (Å²) in [5.74, 6) is -1.72. The zero-order valence-electron chi connectivity index (χ0n) is 16.9. The lowest BCUT2D eigenvalue weighted by Crippen LogP contribution is -2.37. The van der Waals surface area contributed by atoms with Crippen LogP contribution < -0.4 is 0 Å². The molecule has 0 saturated carbocycles. The molecule has 1 aromatic heterocycles. The van der Waals surface area contributed by atoms with Crippen LogP contribution in [0.25, 0.3) is 11.0 Å². The lowest BCUT2D eigenvalue weighted by molar-refractivity contribution is -0.131. The van der Waals surface area contributed by atoms with Gasteiger partial charge in [-0.1, -0.05) is 35.3 Å². The van der Waals surface area contributed by atoms with Crippen LogP contribution in [-0.4, -0.2) is 41.0 Å². The van der Waals surface area contributed by atoms with Crippen molar-refractivity contribution in [2.45, 2.75) is 25.0 Å². The van der Waals surface area contributed by atoms with E-state index in [0.717, 1.165) is 12.8 Å². The van der Waals surface area contributed by atoms with Gasteiger partial charge in [-0.05, 0) is 54.8 Å². The molecule has 8 heteroatoms. The van der Waals surface area contributed by atoms with E-state index < -0.39 is 23.5 Å². The Morgan fingerprint density at radius 3 is 2.56 bits per heavy atom. The van der Waals surface area contributed by atoms with Gasteiger partial charge in [0.25, 0.3) is 5.91 Å². The molecular formula is C24H19Cl2NO5. The maximum Gasteiger partial charge on any atom is 0.290 e. The Bertz CT molecular complexity index is 1240. The Labute approximate surface area is 194 Å². The van der Waals surface area contributed by atoms with Gasteiger partial charge < -0.3 is 19.2 Å². The highest BCUT2D eigenvalue weighted by molar-refractivity contribution is 6.31. The van der Waals surface area contributed by atoms with E-state index in [4.69, 9.17) is 32.4 Å². The van der Waals surface area contributed by atoms with E-state index in [0.29, 0.717) is 33.2 Å². The van der Waals surface area contributed by atoms with Gasteiger partial charge in [-0.25, -0.2) is 0 Å². The highest BCUT2D eigenvalue weighted by atomic mass is 35.5. The minimum Gasteiger partial charge on any atom is -0.503 e. The Hall–Kier alpha value is -2.80. The number of Topliss-reactive ketones (excluding diaryl/α,β-unsaturated/α-hetero) is 1. The third-order valence-electron chi connectivity index (χ3n) is 5.86. The van der Waals surface area contributed by atoms with E-state index in [-0.39, 0.29) is 24.0 Å². The van der Waals surface area contributed by atoms with Gasteiger partial charge in [0.15, 0.2) is 11.5 Å². The lowest BCUT2D eigenvalue weighted by atomic mass is 9.95.